The average molecular weight is 393 g/mol. The summed E-state index contributed by atoms with van der Waals surface area (Å²) in [5.74, 6) is 1.33. The summed E-state index contributed by atoms with van der Waals surface area (Å²) in [6.45, 7) is 6.03. The van der Waals surface area contributed by atoms with E-state index in [2.05, 4.69) is 43.1 Å². The van der Waals surface area contributed by atoms with Crippen LogP contribution in [0.4, 0.5) is 0 Å². The Morgan fingerprint density at radius 2 is 1.81 bits per heavy atom. The first kappa shape index (κ1) is 19.4. The molecule has 2 heterocycles. The van der Waals surface area contributed by atoms with E-state index in [-0.39, 0.29) is 4.90 Å². The van der Waals surface area contributed by atoms with Gasteiger partial charge in [0.1, 0.15) is 4.90 Å². The van der Waals surface area contributed by atoms with Crippen molar-refractivity contribution in [3.05, 3.63) is 53.7 Å². The number of rotatable bonds is 6. The zero-order valence-corrected chi connectivity index (χ0v) is 16.7. The van der Waals surface area contributed by atoms with Crippen molar-refractivity contribution >= 4 is 21.8 Å². The molecule has 1 aromatic heterocycles. The molecule has 26 heavy (non-hydrogen) atoms. The maximum Gasteiger partial charge on any atom is 0.244 e. The molecule has 140 valence electrons. The Bertz CT molecular complexity index is 813. The zero-order chi connectivity index (χ0) is 18.6. The summed E-state index contributed by atoms with van der Waals surface area (Å²) in [7, 11) is -3.48. The van der Waals surface area contributed by atoms with Crippen molar-refractivity contribution in [1.82, 2.24) is 9.29 Å². The van der Waals surface area contributed by atoms with Crippen molar-refractivity contribution in [1.29, 1.82) is 0 Å². The van der Waals surface area contributed by atoms with E-state index in [0.717, 1.165) is 10.8 Å². The van der Waals surface area contributed by atoms with Crippen molar-refractivity contribution in [2.75, 3.05) is 26.3 Å². The Balaban J connectivity index is 1.62. The third-order valence-electron chi connectivity index (χ3n) is 4.35. The van der Waals surface area contributed by atoms with Crippen molar-refractivity contribution < 1.29 is 13.2 Å². The first-order chi connectivity index (χ1) is 12.5. The van der Waals surface area contributed by atoms with Gasteiger partial charge in [-0.1, -0.05) is 38.1 Å². The molecule has 0 N–H and O–H groups in total. The van der Waals surface area contributed by atoms with Gasteiger partial charge >= 0.3 is 0 Å². The largest absolute Gasteiger partial charge is 0.379 e. The van der Waals surface area contributed by atoms with Crippen LogP contribution in [-0.4, -0.2) is 44.0 Å². The molecule has 0 bridgehead atoms. The molecule has 0 amide bonds. The van der Waals surface area contributed by atoms with Crippen molar-refractivity contribution in [3.63, 3.8) is 0 Å². The quantitative estimate of drug-likeness (QED) is 0.704. The first-order valence-corrected chi connectivity index (χ1v) is 11.1. The number of morpholine rings is 1. The van der Waals surface area contributed by atoms with Gasteiger partial charge in [0.05, 0.1) is 18.2 Å². The van der Waals surface area contributed by atoms with E-state index in [4.69, 9.17) is 4.74 Å². The number of ether oxygens (including phenoxy) is 1. The van der Waals surface area contributed by atoms with E-state index in [1.807, 2.05) is 0 Å². The molecule has 3 rings (SSSR count). The molecule has 0 unspecified atom stereocenters. The summed E-state index contributed by atoms with van der Waals surface area (Å²) in [5.41, 5.74) is 2.56. The normalized spacial score (nSPS) is 16.1. The fraction of sp³-hybridized carbons (Fsp3) is 0.421. The Kier molecular flexibility index (Phi) is 6.34. The number of hydrogen-bond acceptors (Lipinski definition) is 5. The van der Waals surface area contributed by atoms with Crippen LogP contribution in [0.5, 0.6) is 0 Å². The summed E-state index contributed by atoms with van der Waals surface area (Å²) >= 11 is 1.60. The highest BCUT2D eigenvalue weighted by Crippen LogP contribution is 2.24. The third-order valence-corrected chi connectivity index (χ3v) is 7.25. The molecule has 0 saturated carbocycles. The van der Waals surface area contributed by atoms with Gasteiger partial charge in [-0.2, -0.15) is 4.31 Å². The van der Waals surface area contributed by atoms with Crippen LogP contribution >= 0.6 is 11.8 Å². The minimum absolute atomic E-state index is 0.241. The van der Waals surface area contributed by atoms with Crippen LogP contribution in [0, 0.1) is 0 Å². The highest BCUT2D eigenvalue weighted by atomic mass is 32.2. The Morgan fingerprint density at radius 1 is 1.12 bits per heavy atom. The number of aromatic nitrogens is 1. The van der Waals surface area contributed by atoms with E-state index >= 15 is 0 Å². The van der Waals surface area contributed by atoms with Gasteiger partial charge in [0.15, 0.2) is 0 Å². The molecule has 1 aliphatic rings. The number of benzene rings is 1. The number of nitrogens with zero attached hydrogens (tertiary/aromatic N) is 2. The standard InChI is InChI=1S/C19H24N2O3S2/c1-15(2)17-5-3-16(4-6-17)14-25-19-8-7-18(13-20-19)26(22,23)21-9-11-24-12-10-21/h3-8,13,15H,9-12,14H2,1-2H3. The Hall–Kier alpha value is -1.41. The molecule has 0 spiro atoms. The Labute approximate surface area is 159 Å². The van der Waals surface area contributed by atoms with Gasteiger partial charge in [-0.25, -0.2) is 13.4 Å². The summed E-state index contributed by atoms with van der Waals surface area (Å²) in [6.07, 6.45) is 1.45. The van der Waals surface area contributed by atoms with E-state index < -0.39 is 10.0 Å². The summed E-state index contributed by atoms with van der Waals surface area (Å²) < 4.78 is 31.9. The molecule has 1 aromatic carbocycles. The van der Waals surface area contributed by atoms with E-state index in [1.165, 1.54) is 21.6 Å². The van der Waals surface area contributed by atoms with Gasteiger partial charge < -0.3 is 4.74 Å². The topological polar surface area (TPSA) is 59.5 Å². The molecule has 2 aromatic rings. The fourth-order valence-corrected chi connectivity index (χ4v) is 4.85. The van der Waals surface area contributed by atoms with E-state index in [1.54, 1.807) is 23.9 Å². The summed E-state index contributed by atoms with van der Waals surface area (Å²) in [4.78, 5) is 4.57. The number of hydrogen-bond donors (Lipinski definition) is 0. The highest BCUT2D eigenvalue weighted by molar-refractivity contribution is 7.98. The maximum atomic E-state index is 12.6. The lowest BCUT2D eigenvalue weighted by atomic mass is 10.0. The molecule has 0 aliphatic carbocycles. The molecular formula is C19H24N2O3S2. The molecular weight excluding hydrogens is 368 g/mol. The number of sulfonamides is 1. The van der Waals surface area contributed by atoms with Gasteiger partial charge in [-0.3, -0.25) is 0 Å². The second kappa shape index (κ2) is 8.52. The molecule has 7 heteroatoms. The minimum Gasteiger partial charge on any atom is -0.379 e. The van der Waals surface area contributed by atoms with Crippen LogP contribution in [0.3, 0.4) is 0 Å². The van der Waals surface area contributed by atoms with Crippen LogP contribution in [0.25, 0.3) is 0 Å². The SMILES string of the molecule is CC(C)c1ccc(CSc2ccc(S(=O)(=O)N3CCOCC3)cn2)cc1. The first-order valence-electron chi connectivity index (χ1n) is 8.72. The molecule has 1 fully saturated rings. The van der Waals surface area contributed by atoms with Crippen LogP contribution in [0.15, 0.2) is 52.5 Å². The third kappa shape index (κ3) is 4.65. The summed E-state index contributed by atoms with van der Waals surface area (Å²) in [6, 6.07) is 12.0. The lowest BCUT2D eigenvalue weighted by Crippen LogP contribution is -2.40. The second-order valence-corrected chi connectivity index (χ2v) is 9.47. The van der Waals surface area contributed by atoms with Crippen LogP contribution < -0.4 is 0 Å². The Morgan fingerprint density at radius 3 is 2.38 bits per heavy atom. The smallest absolute Gasteiger partial charge is 0.244 e. The second-order valence-electron chi connectivity index (χ2n) is 6.53. The van der Waals surface area contributed by atoms with Gasteiger partial charge in [0, 0.05) is 25.0 Å². The summed E-state index contributed by atoms with van der Waals surface area (Å²) in [5, 5.41) is 0.818. The lowest BCUT2D eigenvalue weighted by Gasteiger charge is -2.25. The van der Waals surface area contributed by atoms with Crippen LogP contribution in [0.1, 0.15) is 30.9 Å². The maximum absolute atomic E-state index is 12.6. The minimum atomic E-state index is -3.48. The average Bonchev–Trinajstić information content (AvgIpc) is 2.67. The molecule has 0 atom stereocenters. The zero-order valence-electron chi connectivity index (χ0n) is 15.1. The predicted molar refractivity (Wildman–Crippen MR) is 104 cm³/mol. The molecule has 1 aliphatic heterocycles. The van der Waals surface area contributed by atoms with Gasteiger partial charge in [-0.15, -0.1) is 11.8 Å². The van der Waals surface area contributed by atoms with Gasteiger partial charge in [0.25, 0.3) is 0 Å². The highest BCUT2D eigenvalue weighted by Gasteiger charge is 2.26. The lowest BCUT2D eigenvalue weighted by molar-refractivity contribution is 0.0730. The van der Waals surface area contributed by atoms with Crippen molar-refractivity contribution in [2.24, 2.45) is 0 Å². The van der Waals surface area contributed by atoms with Gasteiger partial charge in [0.2, 0.25) is 10.0 Å². The monoisotopic (exact) mass is 392 g/mol. The molecule has 5 nitrogen and oxygen atoms in total. The van der Waals surface area contributed by atoms with Crippen molar-refractivity contribution in [2.45, 2.75) is 35.4 Å². The molecule has 1 saturated heterocycles. The van der Waals surface area contributed by atoms with Crippen LogP contribution in [-0.2, 0) is 20.5 Å². The number of pyridine rings is 1. The fourth-order valence-electron chi connectivity index (χ4n) is 2.70. The van der Waals surface area contributed by atoms with E-state index in [0.29, 0.717) is 32.2 Å². The van der Waals surface area contributed by atoms with E-state index in [9.17, 15) is 8.42 Å². The molecule has 0 radical (unpaired) electrons. The number of thioether (sulfide) groups is 1. The van der Waals surface area contributed by atoms with Crippen molar-refractivity contribution in [3.8, 4) is 0 Å². The van der Waals surface area contributed by atoms with Gasteiger partial charge in [-0.05, 0) is 29.2 Å². The predicted octanol–water partition coefficient (Wildman–Crippen LogP) is 3.52. The van der Waals surface area contributed by atoms with Crippen LogP contribution in [0.2, 0.25) is 0 Å².